The molecule has 4 N–H and O–H groups in total. The van der Waals surface area contributed by atoms with Crippen LogP contribution in [0.5, 0.6) is 0 Å². The van der Waals surface area contributed by atoms with Gasteiger partial charge in [0.1, 0.15) is 24.6 Å². The van der Waals surface area contributed by atoms with Gasteiger partial charge in [-0.05, 0) is 22.8 Å². The Hall–Kier alpha value is -3.11. The maximum Gasteiger partial charge on any atom is 0.167 e. The van der Waals surface area contributed by atoms with E-state index in [9.17, 15) is 15.3 Å². The SMILES string of the molecule is OC[C@H]1O[C@@H](n2cnc3c(NCCc4cccc5ccccc45)ncnc32)[C@H](O)[C@@H]1O. The molecule has 1 saturated heterocycles. The van der Waals surface area contributed by atoms with Gasteiger partial charge in [-0.1, -0.05) is 42.5 Å². The van der Waals surface area contributed by atoms with Crippen molar-refractivity contribution < 1.29 is 20.1 Å². The van der Waals surface area contributed by atoms with Crippen molar-refractivity contribution in [3.05, 3.63) is 60.7 Å². The summed E-state index contributed by atoms with van der Waals surface area (Å²) in [6.45, 7) is 0.262. The monoisotopic (exact) mass is 421 g/mol. The highest BCUT2D eigenvalue weighted by atomic mass is 16.6. The average Bonchev–Trinajstić information content (AvgIpc) is 3.35. The van der Waals surface area contributed by atoms with Gasteiger partial charge in [-0.25, -0.2) is 15.0 Å². The zero-order chi connectivity index (χ0) is 21.4. The molecule has 2 aromatic heterocycles. The van der Waals surface area contributed by atoms with E-state index in [4.69, 9.17) is 4.74 Å². The molecule has 0 spiro atoms. The Labute approximate surface area is 178 Å². The molecule has 0 aliphatic carbocycles. The van der Waals surface area contributed by atoms with E-state index in [1.807, 2.05) is 12.1 Å². The zero-order valence-electron chi connectivity index (χ0n) is 16.7. The summed E-state index contributed by atoms with van der Waals surface area (Å²) in [7, 11) is 0. The number of ether oxygens (including phenoxy) is 1. The van der Waals surface area contributed by atoms with Crippen molar-refractivity contribution in [2.75, 3.05) is 18.5 Å². The van der Waals surface area contributed by atoms with Gasteiger partial charge in [-0.2, -0.15) is 0 Å². The smallest absolute Gasteiger partial charge is 0.167 e. The van der Waals surface area contributed by atoms with Gasteiger partial charge in [0.25, 0.3) is 0 Å². The quantitative estimate of drug-likeness (QED) is 0.367. The summed E-state index contributed by atoms with van der Waals surface area (Å²) in [5.41, 5.74) is 2.25. The van der Waals surface area contributed by atoms with Crippen LogP contribution < -0.4 is 5.32 Å². The van der Waals surface area contributed by atoms with Gasteiger partial charge in [-0.3, -0.25) is 4.57 Å². The molecule has 5 rings (SSSR count). The van der Waals surface area contributed by atoms with Crippen LogP contribution in [0, 0.1) is 0 Å². The number of aromatic nitrogens is 4. The Balaban J connectivity index is 1.36. The predicted molar refractivity (Wildman–Crippen MR) is 114 cm³/mol. The molecule has 0 unspecified atom stereocenters. The van der Waals surface area contributed by atoms with E-state index in [1.165, 1.54) is 29.0 Å². The molecule has 0 bridgehead atoms. The van der Waals surface area contributed by atoms with Gasteiger partial charge in [0, 0.05) is 6.54 Å². The Morgan fingerprint density at radius 3 is 2.68 bits per heavy atom. The summed E-state index contributed by atoms with van der Waals surface area (Å²) >= 11 is 0. The van der Waals surface area contributed by atoms with E-state index in [0.29, 0.717) is 23.5 Å². The van der Waals surface area contributed by atoms with E-state index < -0.39 is 31.1 Å². The molecule has 1 aliphatic rings. The van der Waals surface area contributed by atoms with Gasteiger partial charge in [-0.15, -0.1) is 0 Å². The third-order valence-corrected chi connectivity index (χ3v) is 5.72. The molecule has 31 heavy (non-hydrogen) atoms. The zero-order valence-corrected chi connectivity index (χ0v) is 16.7. The van der Waals surface area contributed by atoms with Crippen LogP contribution in [0.15, 0.2) is 55.1 Å². The highest BCUT2D eigenvalue weighted by molar-refractivity contribution is 5.86. The Morgan fingerprint density at radius 2 is 1.84 bits per heavy atom. The molecule has 1 aliphatic heterocycles. The first-order valence-corrected chi connectivity index (χ1v) is 10.2. The lowest BCUT2D eigenvalue weighted by atomic mass is 10.0. The predicted octanol–water partition coefficient (Wildman–Crippen LogP) is 1.25. The second kappa shape index (κ2) is 8.20. The van der Waals surface area contributed by atoms with Crippen molar-refractivity contribution in [3.63, 3.8) is 0 Å². The molecule has 2 aromatic carbocycles. The molecular formula is C22H23N5O4. The van der Waals surface area contributed by atoms with E-state index in [2.05, 4.69) is 50.6 Å². The first kappa shape index (κ1) is 19.8. The number of hydrogen-bond donors (Lipinski definition) is 4. The van der Waals surface area contributed by atoms with Crippen molar-refractivity contribution >= 4 is 27.8 Å². The number of fused-ring (bicyclic) bond motifs is 2. The third kappa shape index (κ3) is 3.51. The Bertz CT molecular complexity index is 1210. The lowest BCUT2D eigenvalue weighted by Crippen LogP contribution is -2.33. The van der Waals surface area contributed by atoms with Gasteiger partial charge in [0.2, 0.25) is 0 Å². The fourth-order valence-corrected chi connectivity index (χ4v) is 4.10. The van der Waals surface area contributed by atoms with Crippen LogP contribution in [-0.4, -0.2) is 66.3 Å². The van der Waals surface area contributed by atoms with Gasteiger partial charge >= 0.3 is 0 Å². The second-order valence-corrected chi connectivity index (χ2v) is 7.59. The van der Waals surface area contributed by atoms with Crippen molar-refractivity contribution in [1.82, 2.24) is 19.5 Å². The van der Waals surface area contributed by atoms with Crippen LogP contribution in [-0.2, 0) is 11.2 Å². The molecule has 4 atom stereocenters. The summed E-state index contributed by atoms with van der Waals surface area (Å²) in [5, 5.41) is 35.5. The lowest BCUT2D eigenvalue weighted by Gasteiger charge is -2.16. The van der Waals surface area contributed by atoms with Crippen LogP contribution in [0.1, 0.15) is 11.8 Å². The minimum atomic E-state index is -1.20. The number of nitrogens with one attached hydrogen (secondary N) is 1. The van der Waals surface area contributed by atoms with Crippen molar-refractivity contribution in [3.8, 4) is 0 Å². The van der Waals surface area contributed by atoms with Crippen LogP contribution in [0.25, 0.3) is 21.9 Å². The fourth-order valence-electron chi connectivity index (χ4n) is 4.10. The maximum absolute atomic E-state index is 10.3. The topological polar surface area (TPSA) is 126 Å². The standard InChI is InChI=1S/C22H23N5O4/c28-10-16-18(29)19(30)22(31-16)27-12-26-17-20(24-11-25-21(17)27)23-9-8-14-6-3-5-13-4-1-2-7-15(13)14/h1-7,11-12,16,18-19,22,28-30H,8-10H2,(H,23,24,25)/t16-,18-,19-,22-/m1/s1. The van der Waals surface area contributed by atoms with Crippen molar-refractivity contribution in [2.24, 2.45) is 0 Å². The number of aliphatic hydroxyl groups excluding tert-OH is 3. The minimum Gasteiger partial charge on any atom is -0.394 e. The summed E-state index contributed by atoms with van der Waals surface area (Å²) in [6.07, 6.45) is -0.423. The number of aliphatic hydroxyl groups is 3. The van der Waals surface area contributed by atoms with E-state index in [-0.39, 0.29) is 0 Å². The first-order chi connectivity index (χ1) is 15.2. The largest absolute Gasteiger partial charge is 0.394 e. The molecule has 9 heteroatoms. The normalized spacial score (nSPS) is 23.6. The van der Waals surface area contributed by atoms with E-state index in [1.54, 1.807) is 4.57 Å². The number of nitrogens with zero attached hydrogens (tertiary/aromatic N) is 4. The number of hydrogen-bond acceptors (Lipinski definition) is 8. The van der Waals surface area contributed by atoms with Gasteiger partial charge < -0.3 is 25.4 Å². The summed E-state index contributed by atoms with van der Waals surface area (Å²) in [6, 6.07) is 14.6. The van der Waals surface area contributed by atoms with E-state index in [0.717, 1.165) is 6.42 Å². The first-order valence-electron chi connectivity index (χ1n) is 10.2. The fraction of sp³-hybridized carbons (Fsp3) is 0.318. The summed E-state index contributed by atoms with van der Waals surface area (Å²) < 4.78 is 7.15. The molecule has 0 radical (unpaired) electrons. The summed E-state index contributed by atoms with van der Waals surface area (Å²) in [4.78, 5) is 13.0. The lowest BCUT2D eigenvalue weighted by molar-refractivity contribution is -0.0511. The molecule has 1 fully saturated rings. The summed E-state index contributed by atoms with van der Waals surface area (Å²) in [5.74, 6) is 0.579. The van der Waals surface area contributed by atoms with E-state index >= 15 is 0 Å². The minimum absolute atomic E-state index is 0.392. The number of rotatable bonds is 6. The molecule has 0 amide bonds. The van der Waals surface area contributed by atoms with Crippen LogP contribution in [0.3, 0.4) is 0 Å². The third-order valence-electron chi connectivity index (χ3n) is 5.72. The molecule has 4 aromatic rings. The van der Waals surface area contributed by atoms with Crippen molar-refractivity contribution in [1.29, 1.82) is 0 Å². The number of imidazole rings is 1. The number of benzene rings is 2. The van der Waals surface area contributed by atoms with Crippen LogP contribution in [0.4, 0.5) is 5.82 Å². The van der Waals surface area contributed by atoms with Gasteiger partial charge in [0.05, 0.1) is 12.9 Å². The highest BCUT2D eigenvalue weighted by Gasteiger charge is 2.44. The Kier molecular flexibility index (Phi) is 5.24. The molecule has 0 saturated carbocycles. The molecule has 160 valence electrons. The maximum atomic E-state index is 10.3. The second-order valence-electron chi connectivity index (χ2n) is 7.59. The number of anilines is 1. The molecule has 9 nitrogen and oxygen atoms in total. The van der Waals surface area contributed by atoms with Crippen molar-refractivity contribution in [2.45, 2.75) is 31.0 Å². The van der Waals surface area contributed by atoms with Crippen LogP contribution >= 0.6 is 0 Å². The molecular weight excluding hydrogens is 398 g/mol. The van der Waals surface area contributed by atoms with Gasteiger partial charge in [0.15, 0.2) is 23.2 Å². The highest BCUT2D eigenvalue weighted by Crippen LogP contribution is 2.32. The van der Waals surface area contributed by atoms with Crippen LogP contribution in [0.2, 0.25) is 0 Å². The molecule has 3 heterocycles. The Morgan fingerprint density at radius 1 is 1.00 bits per heavy atom. The average molecular weight is 421 g/mol.